The summed E-state index contributed by atoms with van der Waals surface area (Å²) >= 11 is 6.48. The first-order chi connectivity index (χ1) is 18.1. The van der Waals surface area contributed by atoms with Gasteiger partial charge < -0.3 is 24.6 Å². The van der Waals surface area contributed by atoms with E-state index in [1.165, 1.54) is 6.33 Å². The van der Waals surface area contributed by atoms with Crippen LogP contribution in [0.5, 0.6) is 11.6 Å². The summed E-state index contributed by atoms with van der Waals surface area (Å²) in [6.07, 6.45) is 2.99. The zero-order chi connectivity index (χ0) is 26.9. The summed E-state index contributed by atoms with van der Waals surface area (Å²) in [4.78, 5) is 29.9. The predicted octanol–water partition coefficient (Wildman–Crippen LogP) is 5.00. The van der Waals surface area contributed by atoms with Crippen LogP contribution in [0, 0.1) is 0 Å². The van der Waals surface area contributed by atoms with Gasteiger partial charge in [-0.25, -0.2) is 19.7 Å². The maximum absolute atomic E-state index is 12.4. The van der Waals surface area contributed by atoms with Crippen molar-refractivity contribution >= 4 is 46.1 Å². The number of anilines is 3. The van der Waals surface area contributed by atoms with Crippen molar-refractivity contribution in [3.05, 3.63) is 53.9 Å². The molecule has 1 amide bonds. The highest BCUT2D eigenvalue weighted by atomic mass is 35.5. The van der Waals surface area contributed by atoms with Crippen LogP contribution in [0.1, 0.15) is 20.8 Å². The second-order valence-electron chi connectivity index (χ2n) is 9.91. The van der Waals surface area contributed by atoms with Crippen LogP contribution in [0.4, 0.5) is 22.1 Å². The molecule has 1 N–H and O–H groups in total. The van der Waals surface area contributed by atoms with Crippen molar-refractivity contribution in [3.63, 3.8) is 0 Å². The van der Waals surface area contributed by atoms with Crippen LogP contribution in [0.2, 0.25) is 5.02 Å². The Morgan fingerprint density at radius 1 is 1.05 bits per heavy atom. The highest BCUT2D eigenvalue weighted by Gasteiger charge is 2.26. The molecule has 11 nitrogen and oxygen atoms in total. The maximum Gasteiger partial charge on any atom is 0.410 e. The van der Waals surface area contributed by atoms with Crippen LogP contribution >= 0.6 is 11.6 Å². The number of aryl methyl sites for hydroxylation is 1. The molecule has 4 aromatic rings. The average Bonchev–Trinajstić information content (AvgIpc) is 3.29. The van der Waals surface area contributed by atoms with Gasteiger partial charge in [-0.2, -0.15) is 0 Å². The average molecular weight is 537 g/mol. The Labute approximate surface area is 225 Å². The van der Waals surface area contributed by atoms with Gasteiger partial charge in [-0.1, -0.05) is 11.6 Å². The molecule has 1 fully saturated rings. The Kier molecular flexibility index (Phi) is 6.94. The van der Waals surface area contributed by atoms with Crippen LogP contribution in [-0.4, -0.2) is 67.5 Å². The van der Waals surface area contributed by atoms with Crippen molar-refractivity contribution < 1.29 is 14.3 Å². The summed E-state index contributed by atoms with van der Waals surface area (Å²) in [7, 11) is 1.82. The number of aromatic nitrogens is 5. The van der Waals surface area contributed by atoms with Crippen molar-refractivity contribution in [1.82, 2.24) is 29.6 Å². The van der Waals surface area contributed by atoms with E-state index in [9.17, 15) is 4.79 Å². The highest BCUT2D eigenvalue weighted by molar-refractivity contribution is 6.32. The smallest absolute Gasteiger partial charge is 0.410 e. The van der Waals surface area contributed by atoms with Crippen LogP contribution in [0.25, 0.3) is 11.0 Å². The molecule has 0 unspecified atom stereocenters. The van der Waals surface area contributed by atoms with Gasteiger partial charge in [-0.3, -0.25) is 4.68 Å². The number of rotatable bonds is 5. The largest absolute Gasteiger partial charge is 0.444 e. The number of halogens is 1. The van der Waals surface area contributed by atoms with Crippen LogP contribution < -0.4 is 15.0 Å². The predicted molar refractivity (Wildman–Crippen MR) is 145 cm³/mol. The quantitative estimate of drug-likeness (QED) is 0.376. The van der Waals surface area contributed by atoms with Gasteiger partial charge in [-0.15, -0.1) is 5.10 Å². The van der Waals surface area contributed by atoms with Gasteiger partial charge in [0.1, 0.15) is 29.0 Å². The molecule has 4 heterocycles. The minimum atomic E-state index is -0.520. The number of fused-ring (bicyclic) bond motifs is 1. The number of nitrogens with one attached hydrogen (secondary N) is 1. The van der Waals surface area contributed by atoms with Crippen molar-refractivity contribution in [3.8, 4) is 11.6 Å². The monoisotopic (exact) mass is 536 g/mol. The number of carbonyl (C=O) groups is 1. The lowest BCUT2D eigenvalue weighted by Gasteiger charge is -2.36. The summed E-state index contributed by atoms with van der Waals surface area (Å²) in [6, 6.07) is 11.0. The van der Waals surface area contributed by atoms with Gasteiger partial charge in [0.05, 0.1) is 10.5 Å². The number of carbonyl (C=O) groups excluding carboxylic acids is 1. The molecular weight excluding hydrogens is 508 g/mol. The first-order valence-electron chi connectivity index (χ1n) is 12.2. The first kappa shape index (κ1) is 25.5. The van der Waals surface area contributed by atoms with Crippen LogP contribution in [-0.2, 0) is 11.8 Å². The number of piperazine rings is 1. The van der Waals surface area contributed by atoms with Crippen molar-refractivity contribution in [2.45, 2.75) is 26.4 Å². The number of ether oxygens (including phenoxy) is 2. The summed E-state index contributed by atoms with van der Waals surface area (Å²) in [5.41, 5.74) is 1.54. The maximum atomic E-state index is 12.4. The van der Waals surface area contributed by atoms with Gasteiger partial charge >= 0.3 is 6.09 Å². The minimum Gasteiger partial charge on any atom is -0.444 e. The number of hydrogen-bond acceptors (Lipinski definition) is 9. The molecule has 0 spiro atoms. The van der Waals surface area contributed by atoms with E-state index in [-0.39, 0.29) is 6.09 Å². The Morgan fingerprint density at radius 3 is 2.53 bits per heavy atom. The van der Waals surface area contributed by atoms with Crippen LogP contribution in [0.15, 0.2) is 48.9 Å². The van der Waals surface area contributed by atoms with E-state index >= 15 is 0 Å². The third-order valence-electron chi connectivity index (χ3n) is 5.82. The van der Waals surface area contributed by atoms with E-state index < -0.39 is 5.60 Å². The normalized spacial score (nSPS) is 14.0. The molecule has 0 radical (unpaired) electrons. The Balaban J connectivity index is 1.30. The number of pyridine rings is 1. The molecule has 5 rings (SSSR count). The highest BCUT2D eigenvalue weighted by Crippen LogP contribution is 2.33. The lowest BCUT2D eigenvalue weighted by atomic mass is 10.2. The molecule has 0 bridgehead atoms. The van der Waals surface area contributed by atoms with E-state index in [0.717, 1.165) is 11.5 Å². The van der Waals surface area contributed by atoms with Gasteiger partial charge in [-0.05, 0) is 51.1 Å². The Morgan fingerprint density at radius 2 is 1.84 bits per heavy atom. The number of hydrogen-bond donors (Lipinski definition) is 1. The van der Waals surface area contributed by atoms with E-state index in [1.54, 1.807) is 34.0 Å². The molecule has 1 aliphatic rings. The Bertz CT molecular complexity index is 1460. The molecular formula is C26H29ClN8O3. The number of amides is 1. The molecule has 0 saturated carbocycles. The van der Waals surface area contributed by atoms with E-state index in [1.807, 2.05) is 46.0 Å². The molecule has 0 aliphatic carbocycles. The number of nitrogens with zero attached hydrogens (tertiary/aromatic N) is 7. The fourth-order valence-electron chi connectivity index (χ4n) is 4.00. The van der Waals surface area contributed by atoms with E-state index in [2.05, 4.69) is 25.3 Å². The molecule has 12 heteroatoms. The molecule has 38 heavy (non-hydrogen) atoms. The number of benzene rings is 1. The zero-order valence-electron chi connectivity index (χ0n) is 21.7. The van der Waals surface area contributed by atoms with Gasteiger partial charge in [0, 0.05) is 51.2 Å². The lowest BCUT2D eigenvalue weighted by molar-refractivity contribution is 0.0240. The van der Waals surface area contributed by atoms with E-state index in [4.69, 9.17) is 26.1 Å². The van der Waals surface area contributed by atoms with Gasteiger partial charge in [0.15, 0.2) is 5.82 Å². The first-order valence-corrected chi connectivity index (χ1v) is 12.6. The van der Waals surface area contributed by atoms with Crippen LogP contribution in [0.3, 0.4) is 0 Å². The molecule has 3 aromatic heterocycles. The van der Waals surface area contributed by atoms with Crippen molar-refractivity contribution in [1.29, 1.82) is 0 Å². The minimum absolute atomic E-state index is 0.293. The summed E-state index contributed by atoms with van der Waals surface area (Å²) in [5, 5.41) is 7.93. The molecule has 1 aliphatic heterocycles. The van der Waals surface area contributed by atoms with Gasteiger partial charge in [0.2, 0.25) is 5.88 Å². The fourth-order valence-corrected chi connectivity index (χ4v) is 4.22. The standard InChI is InChI=1S/C26H29ClN8O3/c1-26(2,3)38-25(36)35-13-11-34(12-14-35)21-8-6-19-23(31-21)24(29-16-28-19)30-17-5-7-20(18(27)15-17)37-22-9-10-33(4)32-22/h5-10,15-16H,11-14H2,1-4H3,(H,28,29,30). The van der Waals surface area contributed by atoms with Gasteiger partial charge in [0.25, 0.3) is 0 Å². The third-order valence-corrected chi connectivity index (χ3v) is 6.12. The zero-order valence-corrected chi connectivity index (χ0v) is 22.4. The van der Waals surface area contributed by atoms with E-state index in [0.29, 0.717) is 59.7 Å². The SMILES string of the molecule is Cn1ccc(Oc2ccc(Nc3ncnc4ccc(N5CCN(C(=O)OC(C)(C)C)CC5)nc34)cc2Cl)n1. The second kappa shape index (κ2) is 10.3. The topological polar surface area (TPSA) is 111 Å². The summed E-state index contributed by atoms with van der Waals surface area (Å²) in [5.74, 6) is 2.30. The molecule has 1 saturated heterocycles. The second-order valence-corrected chi connectivity index (χ2v) is 10.3. The molecule has 1 aromatic carbocycles. The molecule has 198 valence electrons. The fraction of sp³-hybridized carbons (Fsp3) is 0.346. The Hall–Kier alpha value is -4.12. The summed E-state index contributed by atoms with van der Waals surface area (Å²) in [6.45, 7) is 7.99. The summed E-state index contributed by atoms with van der Waals surface area (Å²) < 4.78 is 12.9. The van der Waals surface area contributed by atoms with Crippen molar-refractivity contribution in [2.75, 3.05) is 36.4 Å². The van der Waals surface area contributed by atoms with Crippen molar-refractivity contribution in [2.24, 2.45) is 7.05 Å². The molecule has 0 atom stereocenters. The third kappa shape index (κ3) is 5.88. The lowest BCUT2D eigenvalue weighted by Crippen LogP contribution is -2.50.